The number of rotatable bonds is 8. The lowest BCUT2D eigenvalue weighted by atomic mass is 10.2. The molecule has 1 aromatic rings. The second-order valence-corrected chi connectivity index (χ2v) is 3.82. The first-order chi connectivity index (χ1) is 8.66. The number of nitrogens with zero attached hydrogens (tertiary/aromatic N) is 1. The zero-order chi connectivity index (χ0) is 13.4. The van der Waals surface area contributed by atoms with Gasteiger partial charge in [-0.15, -0.1) is 0 Å². The van der Waals surface area contributed by atoms with Crippen LogP contribution >= 0.6 is 0 Å². The first-order valence-corrected chi connectivity index (χ1v) is 5.96. The molecular weight excluding hydrogens is 234 g/mol. The SMILES string of the molecule is CCCOCCCNc1nccc(C(=O)O)c1N. The number of nitrogen functional groups attached to an aromatic ring is 1. The predicted molar refractivity (Wildman–Crippen MR) is 69.8 cm³/mol. The molecule has 18 heavy (non-hydrogen) atoms. The van der Waals surface area contributed by atoms with E-state index in [-0.39, 0.29) is 11.3 Å². The Kier molecular flexibility index (Phi) is 5.93. The zero-order valence-electron chi connectivity index (χ0n) is 10.5. The zero-order valence-corrected chi connectivity index (χ0v) is 10.5. The fourth-order valence-electron chi connectivity index (χ4n) is 1.43. The standard InChI is InChI=1S/C12H19N3O3/c1-2-7-18-8-3-5-14-11-10(13)9(12(16)17)4-6-15-11/h4,6H,2-3,5,7-8,13H2,1H3,(H,14,15)(H,16,17). The third kappa shape index (κ3) is 4.21. The lowest BCUT2D eigenvalue weighted by molar-refractivity contribution is 0.0698. The van der Waals surface area contributed by atoms with Gasteiger partial charge in [-0.1, -0.05) is 6.92 Å². The minimum Gasteiger partial charge on any atom is -0.478 e. The van der Waals surface area contributed by atoms with Crippen molar-refractivity contribution in [3.8, 4) is 0 Å². The molecule has 0 unspecified atom stereocenters. The van der Waals surface area contributed by atoms with E-state index in [9.17, 15) is 4.79 Å². The molecule has 0 saturated carbocycles. The molecule has 1 rings (SSSR count). The van der Waals surface area contributed by atoms with E-state index >= 15 is 0 Å². The lowest BCUT2D eigenvalue weighted by Crippen LogP contribution is -2.11. The number of hydrogen-bond donors (Lipinski definition) is 3. The number of carboxylic acid groups (broad SMARTS) is 1. The molecule has 6 nitrogen and oxygen atoms in total. The van der Waals surface area contributed by atoms with Crippen molar-refractivity contribution < 1.29 is 14.6 Å². The summed E-state index contributed by atoms with van der Waals surface area (Å²) in [6.07, 6.45) is 3.25. The van der Waals surface area contributed by atoms with Gasteiger partial charge in [-0.05, 0) is 18.9 Å². The fraction of sp³-hybridized carbons (Fsp3) is 0.500. The summed E-state index contributed by atoms with van der Waals surface area (Å²) >= 11 is 0. The third-order valence-corrected chi connectivity index (χ3v) is 2.33. The Hall–Kier alpha value is -1.82. The molecule has 6 heteroatoms. The maximum absolute atomic E-state index is 10.9. The van der Waals surface area contributed by atoms with Crippen molar-refractivity contribution >= 4 is 17.5 Å². The van der Waals surface area contributed by atoms with Crippen LogP contribution in [-0.2, 0) is 4.74 Å². The highest BCUT2D eigenvalue weighted by molar-refractivity contribution is 5.96. The summed E-state index contributed by atoms with van der Waals surface area (Å²) in [6.45, 7) is 4.12. The summed E-state index contributed by atoms with van der Waals surface area (Å²) in [7, 11) is 0. The second kappa shape index (κ2) is 7.50. The summed E-state index contributed by atoms with van der Waals surface area (Å²) in [5.74, 6) is -0.644. The van der Waals surface area contributed by atoms with Gasteiger partial charge in [0.1, 0.15) is 5.82 Å². The molecule has 0 amide bonds. The Morgan fingerprint density at radius 3 is 3.00 bits per heavy atom. The molecule has 0 aromatic carbocycles. The smallest absolute Gasteiger partial charge is 0.337 e. The molecule has 0 aliphatic carbocycles. The van der Waals surface area contributed by atoms with Gasteiger partial charge in [0.25, 0.3) is 0 Å². The summed E-state index contributed by atoms with van der Waals surface area (Å²) in [4.78, 5) is 14.9. The monoisotopic (exact) mass is 253 g/mol. The summed E-state index contributed by atoms with van der Waals surface area (Å²) in [6, 6.07) is 1.38. The van der Waals surface area contributed by atoms with Crippen LogP contribution in [0.5, 0.6) is 0 Å². The molecule has 4 N–H and O–H groups in total. The van der Waals surface area contributed by atoms with E-state index in [0.29, 0.717) is 19.0 Å². The van der Waals surface area contributed by atoms with Gasteiger partial charge in [-0.2, -0.15) is 0 Å². The normalized spacial score (nSPS) is 10.3. The van der Waals surface area contributed by atoms with Crippen LogP contribution in [0.1, 0.15) is 30.1 Å². The Morgan fingerprint density at radius 2 is 2.33 bits per heavy atom. The van der Waals surface area contributed by atoms with E-state index in [0.717, 1.165) is 19.4 Å². The Bertz CT molecular complexity index is 396. The number of aromatic carboxylic acids is 1. The van der Waals surface area contributed by atoms with E-state index in [1.807, 2.05) is 0 Å². The van der Waals surface area contributed by atoms with Crippen LogP contribution in [0.15, 0.2) is 12.3 Å². The molecule has 0 spiro atoms. The maximum Gasteiger partial charge on any atom is 0.337 e. The van der Waals surface area contributed by atoms with Crippen LogP contribution in [-0.4, -0.2) is 35.8 Å². The van der Waals surface area contributed by atoms with Crippen molar-refractivity contribution in [3.63, 3.8) is 0 Å². The average molecular weight is 253 g/mol. The van der Waals surface area contributed by atoms with Crippen molar-refractivity contribution in [3.05, 3.63) is 17.8 Å². The minimum absolute atomic E-state index is 0.0646. The van der Waals surface area contributed by atoms with Crippen molar-refractivity contribution in [2.45, 2.75) is 19.8 Å². The maximum atomic E-state index is 10.9. The van der Waals surface area contributed by atoms with Crippen LogP contribution in [0.3, 0.4) is 0 Å². The van der Waals surface area contributed by atoms with Gasteiger partial charge in [-0.25, -0.2) is 9.78 Å². The fourth-order valence-corrected chi connectivity index (χ4v) is 1.43. The molecule has 1 aromatic heterocycles. The van der Waals surface area contributed by atoms with Gasteiger partial charge in [0, 0.05) is 26.0 Å². The number of aromatic nitrogens is 1. The van der Waals surface area contributed by atoms with E-state index in [2.05, 4.69) is 17.2 Å². The summed E-state index contributed by atoms with van der Waals surface area (Å²) in [5.41, 5.74) is 5.94. The number of pyridine rings is 1. The highest BCUT2D eigenvalue weighted by Gasteiger charge is 2.11. The van der Waals surface area contributed by atoms with Gasteiger partial charge in [0.05, 0.1) is 11.3 Å². The van der Waals surface area contributed by atoms with E-state index in [1.54, 1.807) is 0 Å². The number of carboxylic acids is 1. The first kappa shape index (κ1) is 14.2. The average Bonchev–Trinajstić information content (AvgIpc) is 2.35. The van der Waals surface area contributed by atoms with Gasteiger partial charge in [-0.3, -0.25) is 0 Å². The largest absolute Gasteiger partial charge is 0.478 e. The van der Waals surface area contributed by atoms with Crippen LogP contribution in [0.4, 0.5) is 11.5 Å². The predicted octanol–water partition coefficient (Wildman–Crippen LogP) is 1.59. The van der Waals surface area contributed by atoms with E-state index in [4.69, 9.17) is 15.6 Å². The highest BCUT2D eigenvalue weighted by atomic mass is 16.5. The van der Waals surface area contributed by atoms with Crippen LogP contribution in [0.2, 0.25) is 0 Å². The summed E-state index contributed by atoms with van der Waals surface area (Å²) < 4.78 is 5.33. The molecule has 100 valence electrons. The van der Waals surface area contributed by atoms with Crippen LogP contribution < -0.4 is 11.1 Å². The quantitative estimate of drug-likeness (QED) is 0.609. The lowest BCUT2D eigenvalue weighted by Gasteiger charge is -2.09. The number of nitrogens with two attached hydrogens (primary N) is 1. The van der Waals surface area contributed by atoms with Gasteiger partial charge in [0.2, 0.25) is 0 Å². The molecule has 0 radical (unpaired) electrons. The molecule has 1 heterocycles. The van der Waals surface area contributed by atoms with Crippen molar-refractivity contribution in [1.82, 2.24) is 4.98 Å². The Labute approximate surface area is 106 Å². The molecular formula is C12H19N3O3. The number of nitrogens with one attached hydrogen (secondary N) is 1. The molecule has 0 atom stereocenters. The van der Waals surface area contributed by atoms with E-state index in [1.165, 1.54) is 12.3 Å². The van der Waals surface area contributed by atoms with Crippen molar-refractivity contribution in [1.29, 1.82) is 0 Å². The number of anilines is 2. The van der Waals surface area contributed by atoms with Crippen LogP contribution in [0, 0.1) is 0 Å². The minimum atomic E-state index is -1.05. The molecule has 0 saturated heterocycles. The first-order valence-electron chi connectivity index (χ1n) is 5.96. The van der Waals surface area contributed by atoms with E-state index < -0.39 is 5.97 Å². The highest BCUT2D eigenvalue weighted by Crippen LogP contribution is 2.19. The van der Waals surface area contributed by atoms with Gasteiger partial charge >= 0.3 is 5.97 Å². The summed E-state index contributed by atoms with van der Waals surface area (Å²) in [5, 5.41) is 11.9. The number of hydrogen-bond acceptors (Lipinski definition) is 5. The Morgan fingerprint density at radius 1 is 1.56 bits per heavy atom. The second-order valence-electron chi connectivity index (χ2n) is 3.82. The molecule has 0 aliphatic heterocycles. The third-order valence-electron chi connectivity index (χ3n) is 2.33. The van der Waals surface area contributed by atoms with Crippen molar-refractivity contribution in [2.75, 3.05) is 30.8 Å². The number of carbonyl (C=O) groups is 1. The molecule has 0 aliphatic rings. The van der Waals surface area contributed by atoms with Gasteiger partial charge in [0.15, 0.2) is 0 Å². The molecule has 0 bridgehead atoms. The van der Waals surface area contributed by atoms with Gasteiger partial charge < -0.3 is 20.9 Å². The topological polar surface area (TPSA) is 97.5 Å². The van der Waals surface area contributed by atoms with Crippen LogP contribution in [0.25, 0.3) is 0 Å². The molecule has 0 fully saturated rings. The number of ether oxygens (including phenoxy) is 1. The Balaban J connectivity index is 2.43. The van der Waals surface area contributed by atoms with Crippen molar-refractivity contribution in [2.24, 2.45) is 0 Å².